The fraction of sp³-hybridized carbons (Fsp3) is 0.364. The van der Waals surface area contributed by atoms with E-state index in [4.69, 9.17) is 9.84 Å². The molecular weight excluding hydrogens is 180 g/mol. The normalized spacial score (nSPS) is 26.2. The number of ether oxygens (including phenoxy) is 1. The Morgan fingerprint density at radius 3 is 2.50 bits per heavy atom. The number of hydrogen-bond donors (Lipinski definition) is 1. The number of hydrogen-bond acceptors (Lipinski definition) is 3. The van der Waals surface area contributed by atoms with E-state index in [2.05, 4.69) is 0 Å². The van der Waals surface area contributed by atoms with Crippen LogP contribution in [0.25, 0.3) is 0 Å². The lowest BCUT2D eigenvalue weighted by Gasteiger charge is -2.22. The third-order valence-electron chi connectivity index (χ3n) is 2.62. The van der Waals surface area contributed by atoms with Gasteiger partial charge in [0.05, 0.1) is 0 Å². The van der Waals surface area contributed by atoms with Gasteiger partial charge in [0.1, 0.15) is 11.4 Å². The highest BCUT2D eigenvalue weighted by Crippen LogP contribution is 2.36. The van der Waals surface area contributed by atoms with Crippen molar-refractivity contribution in [3.8, 4) is 5.75 Å². The van der Waals surface area contributed by atoms with Gasteiger partial charge in [-0.3, -0.25) is 4.79 Å². The van der Waals surface area contributed by atoms with E-state index >= 15 is 0 Å². The van der Waals surface area contributed by atoms with E-state index in [1.54, 1.807) is 24.3 Å². The summed E-state index contributed by atoms with van der Waals surface area (Å²) in [5.74, 6) is 0.0715. The standard InChI is InChI=1S/C11H12O3/c1-11(7-6-10(13)14-11)8-2-4-9(12)5-3-8/h2-5,12H,6-7H2,1H3. The molecule has 1 unspecified atom stereocenters. The zero-order valence-electron chi connectivity index (χ0n) is 7.99. The summed E-state index contributed by atoms with van der Waals surface area (Å²) >= 11 is 0. The van der Waals surface area contributed by atoms with Crippen LogP contribution in [0.3, 0.4) is 0 Å². The molecule has 0 bridgehead atoms. The first-order chi connectivity index (χ1) is 6.60. The quantitative estimate of drug-likeness (QED) is 0.692. The van der Waals surface area contributed by atoms with Gasteiger partial charge >= 0.3 is 5.97 Å². The number of rotatable bonds is 1. The monoisotopic (exact) mass is 192 g/mol. The largest absolute Gasteiger partial charge is 0.508 e. The molecule has 74 valence electrons. The molecule has 1 aliphatic rings. The van der Waals surface area contributed by atoms with Crippen molar-refractivity contribution in [2.45, 2.75) is 25.4 Å². The Morgan fingerprint density at radius 2 is 2.00 bits per heavy atom. The van der Waals surface area contributed by atoms with E-state index in [1.807, 2.05) is 6.92 Å². The van der Waals surface area contributed by atoms with Gasteiger partial charge in [-0.1, -0.05) is 12.1 Å². The number of carbonyl (C=O) groups is 1. The first-order valence-corrected chi connectivity index (χ1v) is 4.61. The smallest absolute Gasteiger partial charge is 0.306 e. The first-order valence-electron chi connectivity index (χ1n) is 4.61. The van der Waals surface area contributed by atoms with Gasteiger partial charge in [-0.05, 0) is 24.6 Å². The number of carbonyl (C=O) groups excluding carboxylic acids is 1. The van der Waals surface area contributed by atoms with Crippen LogP contribution < -0.4 is 0 Å². The second kappa shape index (κ2) is 3.01. The van der Waals surface area contributed by atoms with Gasteiger partial charge in [-0.2, -0.15) is 0 Å². The number of aromatic hydroxyl groups is 1. The van der Waals surface area contributed by atoms with Crippen LogP contribution >= 0.6 is 0 Å². The molecule has 0 spiro atoms. The summed E-state index contributed by atoms with van der Waals surface area (Å²) in [5.41, 5.74) is 0.422. The molecule has 0 radical (unpaired) electrons. The Balaban J connectivity index is 2.30. The molecule has 0 aliphatic carbocycles. The van der Waals surface area contributed by atoms with E-state index in [-0.39, 0.29) is 11.7 Å². The van der Waals surface area contributed by atoms with Crippen molar-refractivity contribution in [3.63, 3.8) is 0 Å². The predicted molar refractivity (Wildman–Crippen MR) is 50.8 cm³/mol. The van der Waals surface area contributed by atoms with Crippen LogP contribution in [-0.4, -0.2) is 11.1 Å². The van der Waals surface area contributed by atoms with Crippen molar-refractivity contribution in [2.75, 3.05) is 0 Å². The molecule has 0 saturated carbocycles. The molecule has 0 aromatic heterocycles. The van der Waals surface area contributed by atoms with Crippen LogP contribution in [0.15, 0.2) is 24.3 Å². The number of phenolic OH excluding ortho intramolecular Hbond substituents is 1. The highest BCUT2D eigenvalue weighted by atomic mass is 16.6. The van der Waals surface area contributed by atoms with Crippen molar-refractivity contribution in [3.05, 3.63) is 29.8 Å². The van der Waals surface area contributed by atoms with Crippen LogP contribution in [0, 0.1) is 0 Å². The van der Waals surface area contributed by atoms with E-state index in [9.17, 15) is 4.79 Å². The maximum atomic E-state index is 11.0. The lowest BCUT2D eigenvalue weighted by Crippen LogP contribution is -2.20. The number of cyclic esters (lactones) is 1. The molecule has 1 heterocycles. The second-order valence-corrected chi connectivity index (χ2v) is 3.75. The molecule has 3 nitrogen and oxygen atoms in total. The zero-order chi connectivity index (χ0) is 10.2. The number of benzene rings is 1. The Hall–Kier alpha value is -1.51. The van der Waals surface area contributed by atoms with Gasteiger partial charge in [0, 0.05) is 12.8 Å². The SMILES string of the molecule is CC1(c2ccc(O)cc2)CCC(=O)O1. The molecule has 1 N–H and O–H groups in total. The van der Waals surface area contributed by atoms with Gasteiger partial charge in [0.25, 0.3) is 0 Å². The predicted octanol–water partition coefficient (Wildman–Crippen LogP) is 1.94. The summed E-state index contributed by atoms with van der Waals surface area (Å²) < 4.78 is 5.25. The Labute approximate surface area is 82.3 Å². The maximum Gasteiger partial charge on any atom is 0.306 e. The molecule has 1 atom stereocenters. The molecule has 1 aromatic rings. The number of phenols is 1. The molecule has 0 amide bonds. The van der Waals surface area contributed by atoms with Crippen LogP contribution in [0.5, 0.6) is 5.75 Å². The molecule has 2 rings (SSSR count). The van der Waals surface area contributed by atoms with Crippen LogP contribution in [0.2, 0.25) is 0 Å². The van der Waals surface area contributed by atoms with E-state index in [0.717, 1.165) is 5.56 Å². The first kappa shape index (κ1) is 9.06. The van der Waals surface area contributed by atoms with Crippen molar-refractivity contribution in [1.29, 1.82) is 0 Å². The van der Waals surface area contributed by atoms with E-state index in [1.165, 1.54) is 0 Å². The molecule has 3 heteroatoms. The number of esters is 1. The van der Waals surface area contributed by atoms with E-state index in [0.29, 0.717) is 12.8 Å². The minimum Gasteiger partial charge on any atom is -0.508 e. The van der Waals surface area contributed by atoms with Crippen molar-refractivity contribution >= 4 is 5.97 Å². The fourth-order valence-electron chi connectivity index (χ4n) is 1.71. The summed E-state index contributed by atoms with van der Waals surface area (Å²) in [6.45, 7) is 1.89. The zero-order valence-corrected chi connectivity index (χ0v) is 7.99. The summed E-state index contributed by atoms with van der Waals surface area (Å²) in [5, 5.41) is 9.13. The summed E-state index contributed by atoms with van der Waals surface area (Å²) in [7, 11) is 0. The van der Waals surface area contributed by atoms with Gasteiger partial charge in [-0.25, -0.2) is 0 Å². The minimum absolute atomic E-state index is 0.152. The van der Waals surface area contributed by atoms with Gasteiger partial charge in [-0.15, -0.1) is 0 Å². The molecule has 1 aliphatic heterocycles. The third kappa shape index (κ3) is 1.45. The second-order valence-electron chi connectivity index (χ2n) is 3.75. The van der Waals surface area contributed by atoms with Gasteiger partial charge in [0.15, 0.2) is 0 Å². The molecule has 14 heavy (non-hydrogen) atoms. The van der Waals surface area contributed by atoms with Crippen LogP contribution in [0.4, 0.5) is 0 Å². The fourth-order valence-corrected chi connectivity index (χ4v) is 1.71. The molecule has 1 fully saturated rings. The summed E-state index contributed by atoms with van der Waals surface area (Å²) in [6.07, 6.45) is 1.17. The molecule has 1 aromatic carbocycles. The lowest BCUT2D eigenvalue weighted by atomic mass is 9.93. The topological polar surface area (TPSA) is 46.5 Å². The van der Waals surface area contributed by atoms with E-state index < -0.39 is 5.60 Å². The highest BCUT2D eigenvalue weighted by molar-refractivity contribution is 5.72. The van der Waals surface area contributed by atoms with Crippen molar-refractivity contribution in [1.82, 2.24) is 0 Å². The van der Waals surface area contributed by atoms with Crippen molar-refractivity contribution < 1.29 is 14.6 Å². The third-order valence-corrected chi connectivity index (χ3v) is 2.62. The Kier molecular flexibility index (Phi) is 1.95. The summed E-state index contributed by atoms with van der Waals surface area (Å²) in [4.78, 5) is 11.0. The van der Waals surface area contributed by atoms with Gasteiger partial charge < -0.3 is 9.84 Å². The Morgan fingerprint density at radius 1 is 1.36 bits per heavy atom. The maximum absolute atomic E-state index is 11.0. The molecule has 1 saturated heterocycles. The highest BCUT2D eigenvalue weighted by Gasteiger charge is 2.37. The molecular formula is C11H12O3. The minimum atomic E-state index is -0.509. The average Bonchev–Trinajstić information content (AvgIpc) is 2.48. The lowest BCUT2D eigenvalue weighted by molar-refractivity contribution is -0.147. The summed E-state index contributed by atoms with van der Waals surface area (Å²) in [6, 6.07) is 6.78. The Bertz CT molecular complexity index is 355. The van der Waals surface area contributed by atoms with Gasteiger partial charge in [0.2, 0.25) is 0 Å². The van der Waals surface area contributed by atoms with Crippen LogP contribution in [0.1, 0.15) is 25.3 Å². The van der Waals surface area contributed by atoms with Crippen molar-refractivity contribution in [2.24, 2.45) is 0 Å². The average molecular weight is 192 g/mol. The van der Waals surface area contributed by atoms with Crippen LogP contribution in [-0.2, 0) is 15.1 Å².